The highest BCUT2D eigenvalue weighted by molar-refractivity contribution is 7.19. The lowest BCUT2D eigenvalue weighted by Crippen LogP contribution is -2.74. The third-order valence-corrected chi connectivity index (χ3v) is 18.6. The second-order valence-electron chi connectivity index (χ2n) is 17.2. The van der Waals surface area contributed by atoms with Crippen LogP contribution in [0, 0.1) is 11.3 Å². The van der Waals surface area contributed by atoms with Crippen molar-refractivity contribution in [3.63, 3.8) is 0 Å². The number of aromatic nitrogens is 3. The van der Waals surface area contributed by atoms with E-state index in [9.17, 15) is 5.26 Å². The zero-order chi connectivity index (χ0) is 43.8. The Balaban J connectivity index is 1.06. The van der Waals surface area contributed by atoms with Crippen molar-refractivity contribution < 1.29 is 0 Å². The summed E-state index contributed by atoms with van der Waals surface area (Å²) in [6, 6.07) is 91.1. The smallest absolute Gasteiger partial charge is 0.179 e. The van der Waals surface area contributed by atoms with Crippen LogP contribution in [-0.2, 0) is 0 Å². The fourth-order valence-electron chi connectivity index (χ4n) is 11.0. The Hall–Kier alpha value is -8.69. The highest BCUT2D eigenvalue weighted by atomic mass is 28.3. The van der Waals surface area contributed by atoms with Gasteiger partial charge in [0.15, 0.2) is 8.07 Å². The molecule has 308 valence electrons. The van der Waals surface area contributed by atoms with Gasteiger partial charge in [-0.3, -0.25) is 0 Å². The minimum Gasteiger partial charge on any atom is -0.309 e. The average Bonchev–Trinajstić information content (AvgIpc) is 4.02. The summed E-state index contributed by atoms with van der Waals surface area (Å²) in [5, 5.41) is 22.2. The van der Waals surface area contributed by atoms with E-state index in [0.717, 1.165) is 55.4 Å². The topological polar surface area (TPSA) is 38.6 Å². The zero-order valence-corrected chi connectivity index (χ0v) is 36.9. The monoisotopic (exact) mass is 856 g/mol. The van der Waals surface area contributed by atoms with Crippen LogP contribution in [0.1, 0.15) is 5.56 Å². The molecule has 0 aliphatic carbocycles. The zero-order valence-electron chi connectivity index (χ0n) is 35.9. The standard InChI is InChI=1S/C61H40N4Si/c62-41-42-31-36-59-55(37-42)52-27-12-15-30-58(52)63(59)44-32-34-54-51-26-11-14-29-57(51)65(61(54)39-44)45-33-35-53-50-25-10-13-28-56(50)64(60(53)40-45)43-17-16-24-49(38-43)66(46-18-4-1-5-19-46,47-20-6-2-7-21-47)48-22-8-3-9-23-48/h1-40H. The minimum absolute atomic E-state index is 0.658. The highest BCUT2D eigenvalue weighted by Gasteiger charge is 2.41. The summed E-state index contributed by atoms with van der Waals surface area (Å²) >= 11 is 0. The van der Waals surface area contributed by atoms with E-state index >= 15 is 0 Å². The SMILES string of the molecule is N#Cc1ccc2c(c1)c1ccccc1n2-c1ccc2c3ccccc3n(-c3ccc4c5ccccc5n(-c5cccc([Si](c6ccccc6)(c6ccccc6)c6ccccc6)c5)c4c3)c2c1. The van der Waals surface area contributed by atoms with Crippen LogP contribution >= 0.6 is 0 Å². The number of fused-ring (bicyclic) bond motifs is 9. The third-order valence-electron chi connectivity index (χ3n) is 13.8. The average molecular weight is 857 g/mol. The molecule has 0 spiro atoms. The first-order chi connectivity index (χ1) is 32.7. The van der Waals surface area contributed by atoms with E-state index in [2.05, 4.69) is 250 Å². The molecule has 10 aromatic carbocycles. The molecule has 0 N–H and O–H groups in total. The maximum Gasteiger partial charge on any atom is 0.179 e. The van der Waals surface area contributed by atoms with Gasteiger partial charge in [-0.05, 0) is 93.5 Å². The van der Waals surface area contributed by atoms with Crippen molar-refractivity contribution in [1.29, 1.82) is 5.26 Å². The van der Waals surface area contributed by atoms with Gasteiger partial charge in [0.2, 0.25) is 0 Å². The Morgan fingerprint density at radius 3 is 1.14 bits per heavy atom. The van der Waals surface area contributed by atoms with E-state index in [1.54, 1.807) is 0 Å². The second kappa shape index (κ2) is 15.0. The van der Waals surface area contributed by atoms with Crippen molar-refractivity contribution in [2.24, 2.45) is 0 Å². The molecule has 0 atom stereocenters. The van der Waals surface area contributed by atoms with Gasteiger partial charge in [-0.1, -0.05) is 170 Å². The Bertz CT molecular complexity index is 3960. The predicted molar refractivity (Wildman–Crippen MR) is 278 cm³/mol. The number of nitrogens with zero attached hydrogens (tertiary/aromatic N) is 4. The number of benzene rings is 10. The molecule has 13 rings (SSSR count). The van der Waals surface area contributed by atoms with Crippen molar-refractivity contribution >= 4 is 94.2 Å². The lowest BCUT2D eigenvalue weighted by molar-refractivity contribution is 1.15. The van der Waals surface area contributed by atoms with Gasteiger partial charge in [0.05, 0.1) is 44.7 Å². The summed E-state index contributed by atoms with van der Waals surface area (Å²) in [6.07, 6.45) is 0. The molecule has 0 saturated heterocycles. The molecular weight excluding hydrogens is 817 g/mol. The molecule has 0 bridgehead atoms. The van der Waals surface area contributed by atoms with Gasteiger partial charge in [0.25, 0.3) is 0 Å². The van der Waals surface area contributed by atoms with Crippen LogP contribution in [-0.4, -0.2) is 21.8 Å². The van der Waals surface area contributed by atoms with Gasteiger partial charge in [-0.2, -0.15) is 5.26 Å². The van der Waals surface area contributed by atoms with Crippen LogP contribution in [0.5, 0.6) is 0 Å². The van der Waals surface area contributed by atoms with Crippen molar-refractivity contribution in [2.75, 3.05) is 0 Å². The van der Waals surface area contributed by atoms with Crippen LogP contribution in [0.15, 0.2) is 243 Å². The highest BCUT2D eigenvalue weighted by Crippen LogP contribution is 2.39. The fourth-order valence-corrected chi connectivity index (χ4v) is 15.8. The molecule has 0 unspecified atom stereocenters. The van der Waals surface area contributed by atoms with Gasteiger partial charge in [-0.15, -0.1) is 0 Å². The van der Waals surface area contributed by atoms with Crippen molar-refractivity contribution in [2.45, 2.75) is 0 Å². The Labute approximate surface area is 382 Å². The van der Waals surface area contributed by atoms with Gasteiger partial charge in [-0.25, -0.2) is 0 Å². The number of rotatable bonds is 7. The molecule has 0 aliphatic heterocycles. The molecule has 3 heterocycles. The van der Waals surface area contributed by atoms with Crippen LogP contribution in [0.25, 0.3) is 82.5 Å². The molecule has 0 fully saturated rings. The molecule has 13 aromatic rings. The van der Waals surface area contributed by atoms with E-state index in [-0.39, 0.29) is 0 Å². The minimum atomic E-state index is -2.80. The Morgan fingerprint density at radius 1 is 0.273 bits per heavy atom. The van der Waals surface area contributed by atoms with Gasteiger partial charge in [0.1, 0.15) is 0 Å². The maximum atomic E-state index is 9.82. The van der Waals surface area contributed by atoms with Crippen LogP contribution < -0.4 is 20.7 Å². The summed E-state index contributed by atoms with van der Waals surface area (Å²) in [6.45, 7) is 0. The van der Waals surface area contributed by atoms with Crippen LogP contribution in [0.3, 0.4) is 0 Å². The number of para-hydroxylation sites is 3. The summed E-state index contributed by atoms with van der Waals surface area (Å²) < 4.78 is 7.25. The Morgan fingerprint density at radius 2 is 0.652 bits per heavy atom. The quantitative estimate of drug-likeness (QED) is 0.116. The maximum absolute atomic E-state index is 9.82. The molecular formula is C61H40N4Si. The molecule has 0 amide bonds. The van der Waals surface area contributed by atoms with E-state index < -0.39 is 8.07 Å². The molecule has 0 radical (unpaired) electrons. The normalized spacial score (nSPS) is 11.9. The van der Waals surface area contributed by atoms with Crippen LogP contribution in [0.4, 0.5) is 0 Å². The third kappa shape index (κ3) is 5.56. The van der Waals surface area contributed by atoms with E-state index in [1.165, 1.54) is 47.8 Å². The van der Waals surface area contributed by atoms with E-state index in [4.69, 9.17) is 0 Å². The lowest BCUT2D eigenvalue weighted by atomic mass is 10.1. The van der Waals surface area contributed by atoms with E-state index in [1.807, 2.05) is 12.1 Å². The van der Waals surface area contributed by atoms with E-state index in [0.29, 0.717) is 5.56 Å². The summed E-state index contributed by atoms with van der Waals surface area (Å²) in [5.74, 6) is 0. The predicted octanol–water partition coefficient (Wildman–Crippen LogP) is 12.2. The summed E-state index contributed by atoms with van der Waals surface area (Å²) in [7, 11) is -2.80. The molecule has 0 saturated carbocycles. The number of hydrogen-bond donors (Lipinski definition) is 0. The Kier molecular flexibility index (Phi) is 8.57. The van der Waals surface area contributed by atoms with Gasteiger partial charge in [0, 0.05) is 49.4 Å². The first kappa shape index (κ1) is 37.8. The van der Waals surface area contributed by atoms with Gasteiger partial charge < -0.3 is 13.7 Å². The molecule has 0 aliphatic rings. The van der Waals surface area contributed by atoms with Crippen molar-refractivity contribution in [3.05, 3.63) is 248 Å². The second-order valence-corrected chi connectivity index (χ2v) is 21.0. The number of nitriles is 1. The van der Waals surface area contributed by atoms with Crippen molar-refractivity contribution in [3.8, 4) is 23.1 Å². The largest absolute Gasteiger partial charge is 0.309 e. The summed E-state index contributed by atoms with van der Waals surface area (Å²) in [5.41, 5.74) is 10.7. The van der Waals surface area contributed by atoms with Gasteiger partial charge >= 0.3 is 0 Å². The molecule has 66 heavy (non-hydrogen) atoms. The summed E-state index contributed by atoms with van der Waals surface area (Å²) in [4.78, 5) is 0. The van der Waals surface area contributed by atoms with Crippen molar-refractivity contribution in [1.82, 2.24) is 13.7 Å². The first-order valence-corrected chi connectivity index (χ1v) is 24.5. The lowest BCUT2D eigenvalue weighted by Gasteiger charge is -2.34. The molecule has 3 aromatic heterocycles. The fraction of sp³-hybridized carbons (Fsp3) is 0. The molecule has 4 nitrogen and oxygen atoms in total. The first-order valence-electron chi connectivity index (χ1n) is 22.5. The number of hydrogen-bond acceptors (Lipinski definition) is 1. The van der Waals surface area contributed by atoms with Crippen LogP contribution in [0.2, 0.25) is 0 Å². The molecule has 5 heteroatoms.